The number of nitro groups is 1. The molecule has 0 fully saturated rings. The molecule has 0 aliphatic rings. The Kier molecular flexibility index (Phi) is 4.67. The normalized spacial score (nSPS) is 10.7. The highest BCUT2D eigenvalue weighted by molar-refractivity contribution is 6.33. The summed E-state index contributed by atoms with van der Waals surface area (Å²) in [6.45, 7) is 4.20. The van der Waals surface area contributed by atoms with Gasteiger partial charge < -0.3 is 5.32 Å². The first kappa shape index (κ1) is 16.9. The van der Waals surface area contributed by atoms with E-state index in [0.29, 0.717) is 17.3 Å². The van der Waals surface area contributed by atoms with Crippen LogP contribution >= 0.6 is 11.6 Å². The summed E-state index contributed by atoms with van der Waals surface area (Å²) >= 11 is 6.16. The van der Waals surface area contributed by atoms with Gasteiger partial charge in [0.05, 0.1) is 15.6 Å². The summed E-state index contributed by atoms with van der Waals surface area (Å²) in [5.41, 5.74) is 2.35. The van der Waals surface area contributed by atoms with E-state index >= 15 is 0 Å². The van der Waals surface area contributed by atoms with Gasteiger partial charge in [0.15, 0.2) is 0 Å². The Morgan fingerprint density at radius 1 is 1.28 bits per heavy atom. The molecule has 0 aliphatic heterocycles. The highest BCUT2D eigenvalue weighted by Gasteiger charge is 2.13. The van der Waals surface area contributed by atoms with Crippen LogP contribution in [0.15, 0.2) is 42.9 Å². The van der Waals surface area contributed by atoms with Gasteiger partial charge in [-0.3, -0.25) is 14.7 Å². The van der Waals surface area contributed by atoms with Crippen molar-refractivity contribution in [2.75, 3.05) is 5.32 Å². The van der Waals surface area contributed by atoms with E-state index in [4.69, 9.17) is 11.6 Å². The Labute approximate surface area is 149 Å². The number of aromatic nitrogens is 3. The molecular weight excluding hydrogens is 342 g/mol. The lowest BCUT2D eigenvalue weighted by molar-refractivity contribution is -0.384. The molecule has 0 spiro atoms. The first-order valence-electron chi connectivity index (χ1n) is 7.59. The molecule has 0 atom stereocenters. The minimum absolute atomic E-state index is 0.0187. The SMILES string of the molecule is Cc1cc([N+](=O)[O-])cc(Cl)c1NCc1ccc(-n2ccnc2C)nc1. The second kappa shape index (κ2) is 6.90. The van der Waals surface area contributed by atoms with Crippen molar-refractivity contribution in [2.24, 2.45) is 0 Å². The van der Waals surface area contributed by atoms with Gasteiger partial charge in [0.25, 0.3) is 5.69 Å². The molecule has 128 valence electrons. The standard InChI is InChI=1S/C17H16ClN5O2/c1-11-7-14(23(24)25)8-15(18)17(11)21-10-13-3-4-16(20-9-13)22-6-5-19-12(22)2/h3-9,21H,10H2,1-2H3. The third-order valence-electron chi connectivity index (χ3n) is 3.83. The number of non-ortho nitro benzene ring substituents is 1. The van der Waals surface area contributed by atoms with Gasteiger partial charge in [-0.05, 0) is 31.0 Å². The van der Waals surface area contributed by atoms with Crippen molar-refractivity contribution in [1.82, 2.24) is 14.5 Å². The van der Waals surface area contributed by atoms with Gasteiger partial charge >= 0.3 is 0 Å². The fourth-order valence-corrected chi connectivity index (χ4v) is 2.86. The van der Waals surface area contributed by atoms with Crippen molar-refractivity contribution in [3.05, 3.63) is 74.9 Å². The maximum atomic E-state index is 10.9. The first-order chi connectivity index (χ1) is 12.0. The van der Waals surface area contributed by atoms with Gasteiger partial charge in [-0.1, -0.05) is 17.7 Å². The van der Waals surface area contributed by atoms with E-state index < -0.39 is 4.92 Å². The van der Waals surface area contributed by atoms with Gasteiger partial charge in [-0.2, -0.15) is 0 Å². The summed E-state index contributed by atoms with van der Waals surface area (Å²) in [5, 5.41) is 14.4. The maximum absolute atomic E-state index is 10.9. The summed E-state index contributed by atoms with van der Waals surface area (Å²) in [6.07, 6.45) is 5.36. The average molecular weight is 358 g/mol. The summed E-state index contributed by atoms with van der Waals surface area (Å²) in [5.74, 6) is 1.66. The van der Waals surface area contributed by atoms with Crippen molar-refractivity contribution < 1.29 is 4.92 Å². The van der Waals surface area contributed by atoms with Gasteiger partial charge in [-0.15, -0.1) is 0 Å². The number of pyridine rings is 1. The molecule has 3 aromatic rings. The second-order valence-corrected chi connectivity index (χ2v) is 6.01. The molecule has 1 aromatic carbocycles. The zero-order valence-electron chi connectivity index (χ0n) is 13.7. The van der Waals surface area contributed by atoms with Gasteiger partial charge in [0.2, 0.25) is 0 Å². The number of anilines is 1. The van der Waals surface area contributed by atoms with Crippen LogP contribution in [0.5, 0.6) is 0 Å². The predicted molar refractivity (Wildman–Crippen MR) is 96.3 cm³/mol. The molecule has 7 nitrogen and oxygen atoms in total. The second-order valence-electron chi connectivity index (χ2n) is 5.60. The van der Waals surface area contributed by atoms with Gasteiger partial charge in [0.1, 0.15) is 11.6 Å². The molecule has 0 unspecified atom stereocenters. The van der Waals surface area contributed by atoms with Crippen LogP contribution in [0.1, 0.15) is 17.0 Å². The molecule has 1 N–H and O–H groups in total. The number of nitrogens with zero attached hydrogens (tertiary/aromatic N) is 4. The molecule has 25 heavy (non-hydrogen) atoms. The van der Waals surface area contributed by atoms with E-state index in [9.17, 15) is 10.1 Å². The zero-order chi connectivity index (χ0) is 18.0. The Balaban J connectivity index is 1.74. The number of nitro benzene ring substituents is 1. The molecule has 0 saturated heterocycles. The number of rotatable bonds is 5. The average Bonchev–Trinajstić information content (AvgIpc) is 3.00. The van der Waals surface area contributed by atoms with Crippen LogP contribution in [0.3, 0.4) is 0 Å². The van der Waals surface area contributed by atoms with Crippen LogP contribution in [0, 0.1) is 24.0 Å². The van der Waals surface area contributed by atoms with Gasteiger partial charge in [0, 0.05) is 37.3 Å². The number of hydrogen-bond acceptors (Lipinski definition) is 5. The Morgan fingerprint density at radius 3 is 2.64 bits per heavy atom. The first-order valence-corrected chi connectivity index (χ1v) is 7.97. The van der Waals surface area contributed by atoms with Crippen molar-refractivity contribution in [3.63, 3.8) is 0 Å². The largest absolute Gasteiger partial charge is 0.379 e. The monoisotopic (exact) mass is 357 g/mol. The third-order valence-corrected chi connectivity index (χ3v) is 4.13. The van der Waals surface area contributed by atoms with E-state index in [-0.39, 0.29) is 5.69 Å². The lowest BCUT2D eigenvalue weighted by Gasteiger charge is -2.12. The van der Waals surface area contributed by atoms with Crippen LogP contribution in [-0.4, -0.2) is 19.5 Å². The maximum Gasteiger partial charge on any atom is 0.271 e. The summed E-state index contributed by atoms with van der Waals surface area (Å²) < 4.78 is 1.90. The van der Waals surface area contributed by atoms with Crippen LogP contribution in [0.2, 0.25) is 5.02 Å². The molecule has 0 bridgehead atoms. The number of hydrogen-bond donors (Lipinski definition) is 1. The van der Waals surface area contributed by atoms with E-state index in [2.05, 4.69) is 15.3 Å². The van der Waals surface area contributed by atoms with Crippen LogP contribution in [-0.2, 0) is 6.54 Å². The number of imidazole rings is 1. The third kappa shape index (κ3) is 3.61. The predicted octanol–water partition coefficient (Wildman–Crippen LogP) is 4.06. The van der Waals surface area contributed by atoms with E-state index in [0.717, 1.165) is 22.8 Å². The summed E-state index contributed by atoms with van der Waals surface area (Å²) in [7, 11) is 0. The number of halogens is 1. The van der Waals surface area contributed by atoms with Crippen molar-refractivity contribution in [2.45, 2.75) is 20.4 Å². The minimum atomic E-state index is -0.455. The number of benzene rings is 1. The summed E-state index contributed by atoms with van der Waals surface area (Å²) in [6, 6.07) is 6.72. The Hall–Kier alpha value is -2.93. The quantitative estimate of drug-likeness (QED) is 0.549. The molecular formula is C17H16ClN5O2. The lowest BCUT2D eigenvalue weighted by atomic mass is 10.1. The smallest absolute Gasteiger partial charge is 0.271 e. The zero-order valence-corrected chi connectivity index (χ0v) is 14.5. The van der Waals surface area contributed by atoms with Crippen LogP contribution in [0.4, 0.5) is 11.4 Å². The fraction of sp³-hybridized carbons (Fsp3) is 0.176. The van der Waals surface area contributed by atoms with Crippen LogP contribution < -0.4 is 5.32 Å². The van der Waals surface area contributed by atoms with Crippen molar-refractivity contribution >= 4 is 23.0 Å². The van der Waals surface area contributed by atoms with Crippen molar-refractivity contribution in [3.8, 4) is 5.82 Å². The molecule has 2 aromatic heterocycles. The van der Waals surface area contributed by atoms with E-state index in [1.807, 2.05) is 29.8 Å². The highest BCUT2D eigenvalue weighted by atomic mass is 35.5. The van der Waals surface area contributed by atoms with Crippen molar-refractivity contribution in [1.29, 1.82) is 0 Å². The Morgan fingerprint density at radius 2 is 2.08 bits per heavy atom. The van der Waals surface area contributed by atoms with E-state index in [1.165, 1.54) is 12.1 Å². The number of aryl methyl sites for hydroxylation is 2. The Bertz CT molecular complexity index is 898. The fourth-order valence-electron chi connectivity index (χ4n) is 2.53. The molecule has 0 radical (unpaired) electrons. The van der Waals surface area contributed by atoms with E-state index in [1.54, 1.807) is 19.3 Å². The molecule has 2 heterocycles. The molecule has 0 aliphatic carbocycles. The molecule has 0 amide bonds. The highest BCUT2D eigenvalue weighted by Crippen LogP contribution is 2.31. The molecule has 8 heteroatoms. The summed E-state index contributed by atoms with van der Waals surface area (Å²) in [4.78, 5) is 19.0. The number of nitrogens with one attached hydrogen (secondary N) is 1. The minimum Gasteiger partial charge on any atom is -0.379 e. The van der Waals surface area contributed by atoms with Gasteiger partial charge in [-0.25, -0.2) is 9.97 Å². The topological polar surface area (TPSA) is 85.9 Å². The molecule has 0 saturated carbocycles. The van der Waals surface area contributed by atoms with Crippen LogP contribution in [0.25, 0.3) is 5.82 Å². The lowest BCUT2D eigenvalue weighted by Crippen LogP contribution is -2.04. The molecule has 3 rings (SSSR count).